The van der Waals surface area contributed by atoms with Crippen LogP contribution >= 0.6 is 0 Å². The molecule has 17 heteroatoms. The van der Waals surface area contributed by atoms with E-state index in [1.807, 2.05) is 58.1 Å². The van der Waals surface area contributed by atoms with Gasteiger partial charge >= 0.3 is 5.97 Å². The van der Waals surface area contributed by atoms with Gasteiger partial charge in [0.05, 0.1) is 30.5 Å². The molecule has 384 valence electrons. The lowest BCUT2D eigenvalue weighted by molar-refractivity contribution is -0.265. The number of amides is 1. The van der Waals surface area contributed by atoms with Crippen molar-refractivity contribution in [3.63, 3.8) is 0 Å². The largest absolute Gasteiger partial charge is 0.460 e. The summed E-state index contributed by atoms with van der Waals surface area (Å²) in [7, 11) is 4.62. The molecule has 1 aromatic rings. The second-order valence-corrected chi connectivity index (χ2v) is 20.4. The van der Waals surface area contributed by atoms with Gasteiger partial charge in [0.25, 0.3) is 11.7 Å². The molecule has 5 rings (SSSR count). The summed E-state index contributed by atoms with van der Waals surface area (Å²) in [5, 5.41) is 35.7. The average Bonchev–Trinajstić information content (AvgIpc) is 3.88. The van der Waals surface area contributed by atoms with Crippen LogP contribution in [0.1, 0.15) is 132 Å². The Hall–Kier alpha value is -4.26. The molecule has 1 aliphatic carbocycles. The number of carbonyl (C=O) groups excluding carboxylic acids is 5. The molecule has 17 nitrogen and oxygen atoms in total. The summed E-state index contributed by atoms with van der Waals surface area (Å²) < 4.78 is 29.9. The summed E-state index contributed by atoms with van der Waals surface area (Å²) in [6, 6.07) is -1.25. The van der Waals surface area contributed by atoms with Gasteiger partial charge in [0.1, 0.15) is 18.2 Å². The molecule has 4 aliphatic rings. The Morgan fingerprint density at radius 2 is 1.65 bits per heavy atom. The maximum absolute atomic E-state index is 14.5. The fraction of sp³-hybridized carbons (Fsp3) is 0.731. The summed E-state index contributed by atoms with van der Waals surface area (Å²) in [6.07, 6.45) is 13.7. The predicted molar refractivity (Wildman–Crippen MR) is 256 cm³/mol. The standard InChI is InChI=1S/C52H79N5O12/c1-31-16-12-11-13-17-32(2)43(65-8)28-39-21-19-37(7)52(64,69-39)49(61)50(62)56-23-15-14-18-41(56)51(63)68-44(34(4)26-38-20-22-40(45(27-38)66-9)57-54-30-53-55-57)29-42(58)33(3)25-36(6)47(60)48(67-10)46(59)35(5)24-31/h11-13,16-17,25,30-31,34-41,43-45,47-48,60,64H,14-15,18-24,26-29H2,1-10H3/t31-,34-,35?,36?,37-,38?,39+,40+,41+,43+,44+,45?,47-,48?,52-/m1/s1. The topological polar surface area (TPSA) is 219 Å². The molecule has 1 aromatic heterocycles. The van der Waals surface area contributed by atoms with Crippen LogP contribution in [0.25, 0.3) is 0 Å². The van der Waals surface area contributed by atoms with Crippen LogP contribution in [-0.2, 0) is 47.7 Å². The Morgan fingerprint density at radius 3 is 2.33 bits per heavy atom. The molecule has 1 amide bonds. The van der Waals surface area contributed by atoms with Gasteiger partial charge in [-0.3, -0.25) is 19.2 Å². The summed E-state index contributed by atoms with van der Waals surface area (Å²) in [6.45, 7) is 12.8. The number of aliphatic hydroxyl groups excluding tert-OH is 1. The Balaban J connectivity index is 1.46. The summed E-state index contributed by atoms with van der Waals surface area (Å²) in [5.41, 5.74) is 1.20. The van der Waals surface area contributed by atoms with E-state index in [9.17, 15) is 34.2 Å². The van der Waals surface area contributed by atoms with E-state index in [1.54, 1.807) is 45.9 Å². The van der Waals surface area contributed by atoms with E-state index < -0.39 is 77.8 Å². The normalized spacial score (nSPS) is 36.3. The van der Waals surface area contributed by atoms with Crippen LogP contribution in [0.4, 0.5) is 0 Å². The molecule has 69 heavy (non-hydrogen) atoms. The van der Waals surface area contributed by atoms with E-state index in [1.165, 1.54) is 18.3 Å². The molecular weight excluding hydrogens is 887 g/mol. The van der Waals surface area contributed by atoms with Crippen molar-refractivity contribution in [3.05, 3.63) is 53.9 Å². The lowest BCUT2D eigenvalue weighted by atomic mass is 9.78. The molecule has 0 aromatic carbocycles. The Kier molecular flexibility index (Phi) is 20.8. The molecular formula is C52H79N5O12. The molecule has 4 heterocycles. The number of piperidine rings is 1. The minimum absolute atomic E-state index is 0.0195. The van der Waals surface area contributed by atoms with Gasteiger partial charge in [-0.15, -0.1) is 10.2 Å². The second-order valence-electron chi connectivity index (χ2n) is 20.4. The highest BCUT2D eigenvalue weighted by Crippen LogP contribution is 2.39. The summed E-state index contributed by atoms with van der Waals surface area (Å²) >= 11 is 0. The summed E-state index contributed by atoms with van der Waals surface area (Å²) in [5.74, 6) is -7.91. The van der Waals surface area contributed by atoms with Gasteiger partial charge in [-0.25, -0.2) is 4.79 Å². The number of esters is 1. The van der Waals surface area contributed by atoms with Crippen molar-refractivity contribution in [1.29, 1.82) is 0 Å². The van der Waals surface area contributed by atoms with Crippen molar-refractivity contribution in [2.24, 2.45) is 35.5 Å². The quantitative estimate of drug-likeness (QED) is 0.235. The number of ketones is 3. The molecule has 2 bridgehead atoms. The van der Waals surface area contributed by atoms with Crippen LogP contribution in [0.15, 0.2) is 53.9 Å². The van der Waals surface area contributed by atoms with Gasteiger partial charge in [0.15, 0.2) is 17.9 Å². The number of tetrazole rings is 1. The fourth-order valence-electron chi connectivity index (χ4n) is 10.7. The van der Waals surface area contributed by atoms with Crippen LogP contribution in [0.5, 0.6) is 0 Å². The molecule has 15 atom stereocenters. The van der Waals surface area contributed by atoms with Crippen molar-refractivity contribution in [1.82, 2.24) is 25.1 Å². The number of methoxy groups -OCH3 is 3. The molecule has 2 N–H and O–H groups in total. The lowest BCUT2D eigenvalue weighted by Gasteiger charge is -2.42. The summed E-state index contributed by atoms with van der Waals surface area (Å²) in [4.78, 5) is 73.9. The lowest BCUT2D eigenvalue weighted by Crippen LogP contribution is -2.61. The minimum atomic E-state index is -2.43. The van der Waals surface area contributed by atoms with E-state index >= 15 is 0 Å². The van der Waals surface area contributed by atoms with Crippen LogP contribution in [0.3, 0.4) is 0 Å². The number of cyclic esters (lactones) is 1. The highest BCUT2D eigenvalue weighted by atomic mass is 16.6. The van der Waals surface area contributed by atoms with E-state index in [0.29, 0.717) is 56.9 Å². The number of hydrogen-bond acceptors (Lipinski definition) is 15. The third kappa shape index (κ3) is 14.2. The van der Waals surface area contributed by atoms with Crippen molar-refractivity contribution >= 4 is 29.2 Å². The number of hydrogen-bond donors (Lipinski definition) is 2. The van der Waals surface area contributed by atoms with E-state index in [4.69, 9.17) is 23.7 Å². The smallest absolute Gasteiger partial charge is 0.329 e. The van der Waals surface area contributed by atoms with Crippen LogP contribution in [0.2, 0.25) is 0 Å². The van der Waals surface area contributed by atoms with Gasteiger partial charge in [0, 0.05) is 58.5 Å². The number of Topliss-reactive ketones (excluding diaryl/α,β-unsaturated/α-hetero) is 3. The highest BCUT2D eigenvalue weighted by molar-refractivity contribution is 6.39. The van der Waals surface area contributed by atoms with E-state index in [-0.39, 0.29) is 60.9 Å². The number of rotatable bonds is 7. The van der Waals surface area contributed by atoms with Gasteiger partial charge in [-0.2, -0.15) is 4.80 Å². The zero-order valence-electron chi connectivity index (χ0n) is 42.5. The van der Waals surface area contributed by atoms with Gasteiger partial charge < -0.3 is 38.8 Å². The third-order valence-electron chi connectivity index (χ3n) is 15.2. The monoisotopic (exact) mass is 966 g/mol. The zero-order valence-corrected chi connectivity index (χ0v) is 42.5. The first-order valence-electron chi connectivity index (χ1n) is 25.0. The molecule has 5 unspecified atom stereocenters. The number of carbonyl (C=O) groups is 5. The molecule has 0 radical (unpaired) electrons. The molecule has 2 saturated heterocycles. The van der Waals surface area contributed by atoms with Crippen LogP contribution in [-0.4, -0.2) is 141 Å². The van der Waals surface area contributed by atoms with Crippen molar-refractivity contribution in [2.75, 3.05) is 27.9 Å². The highest BCUT2D eigenvalue weighted by Gasteiger charge is 2.53. The number of nitrogens with zero attached hydrogens (tertiary/aromatic N) is 5. The zero-order chi connectivity index (χ0) is 50.6. The van der Waals surface area contributed by atoms with E-state index in [2.05, 4.69) is 15.4 Å². The van der Waals surface area contributed by atoms with Crippen LogP contribution in [0, 0.1) is 35.5 Å². The van der Waals surface area contributed by atoms with Crippen LogP contribution < -0.4 is 0 Å². The first kappa shape index (κ1) is 55.7. The van der Waals surface area contributed by atoms with E-state index in [0.717, 1.165) is 18.4 Å². The average molecular weight is 966 g/mol. The minimum Gasteiger partial charge on any atom is -0.460 e. The van der Waals surface area contributed by atoms with Crippen molar-refractivity contribution < 1.29 is 57.9 Å². The fourth-order valence-corrected chi connectivity index (χ4v) is 10.7. The Labute approximate surface area is 408 Å². The number of ether oxygens (including phenoxy) is 5. The number of allylic oxidation sites excluding steroid dienone is 6. The maximum Gasteiger partial charge on any atom is 0.329 e. The second kappa shape index (κ2) is 25.7. The number of aromatic nitrogens is 4. The Bertz CT molecular complexity index is 2020. The molecule has 1 saturated carbocycles. The number of fused-ring (bicyclic) bond motifs is 3. The molecule has 0 spiro atoms. The van der Waals surface area contributed by atoms with Crippen molar-refractivity contribution in [3.8, 4) is 0 Å². The third-order valence-corrected chi connectivity index (χ3v) is 15.2. The molecule has 3 aliphatic heterocycles. The first-order chi connectivity index (χ1) is 32.8. The van der Waals surface area contributed by atoms with Gasteiger partial charge in [-0.05, 0) is 112 Å². The SMILES string of the molecule is COC1C(=O)C(C)C[C@H](C)C=CC=CC=C(C)[C@@H](OC)C[C@@H]2CC[C@@H](C)[C@@](O)(O2)C(=O)C(=O)N2CCCC[C@H]2C(=O)O[C@H]([C@H](C)CC2CC[C@H](n3ncnn3)C(OC)C2)CC(=O)C(C)=CC(C)[C@H]1O. The molecule has 3 fully saturated rings. The predicted octanol–water partition coefficient (Wildman–Crippen LogP) is 6.05. The van der Waals surface area contributed by atoms with Gasteiger partial charge in [-0.1, -0.05) is 71.1 Å². The number of aliphatic hydroxyl groups is 2. The first-order valence-corrected chi connectivity index (χ1v) is 25.0. The van der Waals surface area contributed by atoms with Crippen molar-refractivity contribution in [2.45, 2.75) is 180 Å². The van der Waals surface area contributed by atoms with Gasteiger partial charge in [0.2, 0.25) is 5.79 Å². The maximum atomic E-state index is 14.5. The Morgan fingerprint density at radius 1 is 0.899 bits per heavy atom.